The zero-order valence-corrected chi connectivity index (χ0v) is 15.3. The van der Waals surface area contributed by atoms with Crippen LogP contribution >= 0.6 is 0 Å². The highest BCUT2D eigenvalue weighted by molar-refractivity contribution is 5.59. The van der Waals surface area contributed by atoms with Crippen LogP contribution in [-0.2, 0) is 22.3 Å². The average Bonchev–Trinajstić information content (AvgIpc) is 3.01. The molecule has 0 aliphatic carbocycles. The van der Waals surface area contributed by atoms with Gasteiger partial charge in [0.1, 0.15) is 17.2 Å². The Morgan fingerprint density at radius 2 is 1.32 bits per heavy atom. The van der Waals surface area contributed by atoms with Gasteiger partial charge in [-0.15, -0.1) is 0 Å². The van der Waals surface area contributed by atoms with Gasteiger partial charge in [0.25, 0.3) is 0 Å². The summed E-state index contributed by atoms with van der Waals surface area (Å²) in [6, 6.07) is 1.92. The fraction of sp³-hybridized carbons (Fsp3) is 0.700. The van der Waals surface area contributed by atoms with Crippen molar-refractivity contribution in [2.45, 2.75) is 52.1 Å². The smallest absolute Gasteiger partial charge is 0.211 e. The Labute approximate surface area is 148 Å². The molecule has 1 aromatic carbocycles. The van der Waals surface area contributed by atoms with Gasteiger partial charge in [-0.1, -0.05) is 13.8 Å². The van der Waals surface area contributed by atoms with E-state index in [1.54, 1.807) is 0 Å². The molecule has 136 valence electrons. The number of hydrogen-bond donors (Lipinski definition) is 1. The number of hydrogen-bond acceptors (Lipinski definition) is 5. The van der Waals surface area contributed by atoms with Crippen molar-refractivity contribution in [1.82, 2.24) is 0 Å². The Kier molecular flexibility index (Phi) is 3.05. The molecule has 4 aliphatic heterocycles. The maximum Gasteiger partial charge on any atom is 0.211 e. The Morgan fingerprint density at radius 1 is 0.880 bits per heavy atom. The number of rotatable bonds is 0. The highest BCUT2D eigenvalue weighted by Gasteiger charge is 2.53. The summed E-state index contributed by atoms with van der Waals surface area (Å²) in [6.07, 6.45) is 1.56. The van der Waals surface area contributed by atoms with Crippen molar-refractivity contribution < 1.29 is 24.1 Å². The summed E-state index contributed by atoms with van der Waals surface area (Å²) in [7, 11) is 0. The first-order valence-corrected chi connectivity index (χ1v) is 9.34. The molecule has 0 aromatic heterocycles. The molecule has 0 spiro atoms. The van der Waals surface area contributed by atoms with Crippen molar-refractivity contribution in [2.24, 2.45) is 23.7 Å². The van der Waals surface area contributed by atoms with Crippen molar-refractivity contribution in [3.8, 4) is 17.2 Å². The molecule has 0 radical (unpaired) electrons. The molecule has 0 saturated carbocycles. The minimum absolute atomic E-state index is 0.257. The number of phenolic OH excluding ortho intramolecular Hbond substituents is 1. The van der Waals surface area contributed by atoms with E-state index in [0.717, 1.165) is 24.0 Å². The highest BCUT2D eigenvalue weighted by atomic mass is 16.7. The number of phenols is 1. The predicted octanol–water partition coefficient (Wildman–Crippen LogP) is 3.26. The van der Waals surface area contributed by atoms with Gasteiger partial charge < -0.3 is 24.1 Å². The van der Waals surface area contributed by atoms with Crippen molar-refractivity contribution in [3.05, 3.63) is 17.2 Å². The second kappa shape index (κ2) is 4.83. The molecule has 4 heterocycles. The normalized spacial score (nSPS) is 44.2. The van der Waals surface area contributed by atoms with Crippen LogP contribution in [0.1, 0.15) is 38.8 Å². The molecule has 1 N–H and O–H groups in total. The van der Waals surface area contributed by atoms with E-state index in [-0.39, 0.29) is 11.8 Å². The summed E-state index contributed by atoms with van der Waals surface area (Å²) in [6.45, 7) is 9.76. The number of fused-ring (bicyclic) bond motifs is 4. The van der Waals surface area contributed by atoms with E-state index in [4.69, 9.17) is 18.9 Å². The van der Waals surface area contributed by atoms with E-state index < -0.39 is 11.6 Å². The summed E-state index contributed by atoms with van der Waals surface area (Å²) in [5.74, 6) is 1.80. The lowest BCUT2D eigenvalue weighted by atomic mass is 9.79. The van der Waals surface area contributed by atoms with E-state index in [2.05, 4.69) is 13.8 Å². The largest absolute Gasteiger partial charge is 0.507 e. The van der Waals surface area contributed by atoms with Gasteiger partial charge in [0.15, 0.2) is 0 Å². The summed E-state index contributed by atoms with van der Waals surface area (Å²) >= 11 is 0. The van der Waals surface area contributed by atoms with Crippen LogP contribution in [0.15, 0.2) is 6.07 Å². The van der Waals surface area contributed by atoms with Crippen molar-refractivity contribution in [3.63, 3.8) is 0 Å². The van der Waals surface area contributed by atoms with Gasteiger partial charge in [-0.2, -0.15) is 0 Å². The number of aromatic hydroxyl groups is 1. The molecule has 1 aromatic rings. The minimum Gasteiger partial charge on any atom is -0.507 e. The molecule has 25 heavy (non-hydrogen) atoms. The van der Waals surface area contributed by atoms with E-state index >= 15 is 0 Å². The van der Waals surface area contributed by atoms with Gasteiger partial charge in [0, 0.05) is 42.9 Å². The third kappa shape index (κ3) is 2.02. The summed E-state index contributed by atoms with van der Waals surface area (Å²) in [5, 5.41) is 11.0. The second-order valence-corrected chi connectivity index (χ2v) is 8.61. The van der Waals surface area contributed by atoms with Gasteiger partial charge in [0.05, 0.1) is 13.2 Å². The Bertz CT molecular complexity index is 688. The van der Waals surface area contributed by atoms with E-state index in [0.29, 0.717) is 42.3 Å². The van der Waals surface area contributed by atoms with Gasteiger partial charge in [-0.25, -0.2) is 0 Å². The van der Waals surface area contributed by atoms with E-state index in [9.17, 15) is 5.11 Å². The molecule has 2 saturated heterocycles. The monoisotopic (exact) mass is 346 g/mol. The lowest BCUT2D eigenvalue weighted by Crippen LogP contribution is -2.45. The molecule has 0 bridgehead atoms. The summed E-state index contributed by atoms with van der Waals surface area (Å²) in [5.41, 5.74) is 1.80. The maximum atomic E-state index is 11.0. The molecule has 6 unspecified atom stereocenters. The van der Waals surface area contributed by atoms with E-state index in [1.807, 2.05) is 19.9 Å². The highest BCUT2D eigenvalue weighted by Crippen LogP contribution is 2.54. The first-order chi connectivity index (χ1) is 11.8. The minimum atomic E-state index is -0.618. The van der Waals surface area contributed by atoms with Crippen LogP contribution in [0.2, 0.25) is 0 Å². The second-order valence-electron chi connectivity index (χ2n) is 8.61. The Hall–Kier alpha value is -1.46. The predicted molar refractivity (Wildman–Crippen MR) is 90.8 cm³/mol. The first-order valence-electron chi connectivity index (χ1n) is 9.34. The van der Waals surface area contributed by atoms with Crippen LogP contribution in [-0.4, -0.2) is 29.9 Å². The van der Waals surface area contributed by atoms with Gasteiger partial charge in [-0.05, 0) is 24.7 Å². The molecule has 5 nitrogen and oxygen atoms in total. The lowest BCUT2D eigenvalue weighted by Gasteiger charge is -2.41. The van der Waals surface area contributed by atoms with Gasteiger partial charge >= 0.3 is 0 Å². The fourth-order valence-corrected chi connectivity index (χ4v) is 5.22. The molecule has 4 aliphatic rings. The zero-order chi connectivity index (χ0) is 17.6. The fourth-order valence-electron chi connectivity index (χ4n) is 5.22. The molecular weight excluding hydrogens is 320 g/mol. The summed E-state index contributed by atoms with van der Waals surface area (Å²) < 4.78 is 24.3. The van der Waals surface area contributed by atoms with Crippen LogP contribution in [0, 0.1) is 23.7 Å². The van der Waals surface area contributed by atoms with Crippen LogP contribution in [0.4, 0.5) is 0 Å². The van der Waals surface area contributed by atoms with Gasteiger partial charge in [0.2, 0.25) is 11.6 Å². The van der Waals surface area contributed by atoms with E-state index in [1.165, 1.54) is 0 Å². The standard InChI is InChI=1S/C20H26O5/c1-10-8-22-19(3)14(10)5-12-16(24-19)7-17-13(18(12)21)6-15-11(2)9-23-20(15,4)25-17/h7,10-11,14-15,21H,5-6,8-9H2,1-4H3. The Balaban J connectivity index is 1.59. The van der Waals surface area contributed by atoms with Crippen LogP contribution in [0.25, 0.3) is 0 Å². The third-order valence-electron chi connectivity index (χ3n) is 6.89. The molecular formula is C20H26O5. The average molecular weight is 346 g/mol. The number of ether oxygens (including phenoxy) is 4. The third-order valence-corrected chi connectivity index (χ3v) is 6.89. The van der Waals surface area contributed by atoms with Crippen molar-refractivity contribution in [2.75, 3.05) is 13.2 Å². The lowest BCUT2D eigenvalue weighted by molar-refractivity contribution is -0.170. The van der Waals surface area contributed by atoms with Crippen molar-refractivity contribution >= 4 is 0 Å². The molecule has 0 amide bonds. The summed E-state index contributed by atoms with van der Waals surface area (Å²) in [4.78, 5) is 0. The Morgan fingerprint density at radius 3 is 1.76 bits per heavy atom. The first kappa shape index (κ1) is 15.8. The quantitative estimate of drug-likeness (QED) is 0.781. The molecule has 2 fully saturated rings. The van der Waals surface area contributed by atoms with Crippen molar-refractivity contribution in [1.29, 1.82) is 0 Å². The zero-order valence-electron chi connectivity index (χ0n) is 15.3. The molecule has 6 atom stereocenters. The number of benzene rings is 1. The van der Waals surface area contributed by atoms with Crippen LogP contribution < -0.4 is 9.47 Å². The van der Waals surface area contributed by atoms with Crippen LogP contribution in [0.5, 0.6) is 17.2 Å². The maximum absolute atomic E-state index is 11.0. The molecule has 5 heteroatoms. The van der Waals surface area contributed by atoms with Gasteiger partial charge in [-0.3, -0.25) is 0 Å². The van der Waals surface area contributed by atoms with Crippen LogP contribution in [0.3, 0.4) is 0 Å². The SMILES string of the molecule is CC1COC2(C)Oc3cc4c(c(O)c3CC12)CC1C(C)COC1(C)O4. The molecule has 5 rings (SSSR count). The topological polar surface area (TPSA) is 57.2 Å².